The smallest absolute Gasteiger partial charge is 0.137 e. The van der Waals surface area contributed by atoms with Gasteiger partial charge in [0.1, 0.15) is 23.6 Å². The number of aryl methyl sites for hydroxylation is 1. The first kappa shape index (κ1) is 31.5. The molecule has 0 bridgehead atoms. The summed E-state index contributed by atoms with van der Waals surface area (Å²) in [6.45, 7) is 8.90. The van der Waals surface area contributed by atoms with Crippen LogP contribution in [0.25, 0.3) is 66.6 Å². The lowest BCUT2D eigenvalue weighted by molar-refractivity contribution is 0.483. The van der Waals surface area contributed by atoms with Gasteiger partial charge in [0.2, 0.25) is 0 Å². The van der Waals surface area contributed by atoms with E-state index in [1.807, 2.05) is 36.8 Å². The van der Waals surface area contributed by atoms with E-state index in [2.05, 4.69) is 158 Å². The highest BCUT2D eigenvalue weighted by Gasteiger charge is 2.17. The van der Waals surface area contributed by atoms with Crippen LogP contribution in [-0.4, -0.2) is 19.1 Å². The van der Waals surface area contributed by atoms with Crippen molar-refractivity contribution in [3.8, 4) is 45.3 Å². The van der Waals surface area contributed by atoms with Crippen LogP contribution >= 0.6 is 0 Å². The summed E-state index contributed by atoms with van der Waals surface area (Å²) in [7, 11) is 0. The number of hydrogen-bond acceptors (Lipinski definition) is 3. The third-order valence-electron chi connectivity index (χ3n) is 10.0. The number of aromatic nitrogens is 4. The van der Waals surface area contributed by atoms with Crippen molar-refractivity contribution < 1.29 is 4.74 Å². The molecule has 0 N–H and O–H groups in total. The van der Waals surface area contributed by atoms with Crippen molar-refractivity contribution >= 4 is 32.8 Å². The number of rotatable bonds is 6. The molecule has 0 unspecified atom stereocenters. The lowest BCUT2D eigenvalue weighted by atomic mass is 9.86. The number of benzene rings is 6. The number of ether oxygens (including phenoxy) is 1. The highest BCUT2D eigenvalue weighted by Crippen LogP contribution is 2.37. The van der Waals surface area contributed by atoms with Crippen LogP contribution in [0.5, 0.6) is 11.5 Å². The molecule has 0 aliphatic carbocycles. The largest absolute Gasteiger partial charge is 0.457 e. The van der Waals surface area contributed by atoms with Gasteiger partial charge >= 0.3 is 0 Å². The molecule has 252 valence electrons. The molecule has 0 saturated heterocycles. The Kier molecular flexibility index (Phi) is 7.51. The Hall–Kier alpha value is -6.46. The van der Waals surface area contributed by atoms with Crippen LogP contribution in [0.2, 0.25) is 0 Å². The van der Waals surface area contributed by atoms with Crippen LogP contribution in [0.15, 0.2) is 158 Å². The SMILES string of the molecule is Cc1cc(-n2c3ccccc3c3ccc(Oc4cccc(-n5cnc6c(-c7ccccc7)cccc65)c4)cc32)ncc1-c1ccc(C(C)(C)C)cc1. The van der Waals surface area contributed by atoms with Crippen LogP contribution < -0.4 is 4.74 Å². The molecule has 6 aromatic carbocycles. The predicted molar refractivity (Wildman–Crippen MR) is 214 cm³/mol. The Labute approximate surface area is 303 Å². The van der Waals surface area contributed by atoms with Crippen molar-refractivity contribution in [3.05, 3.63) is 169 Å². The Balaban J connectivity index is 1.07. The fraction of sp³-hybridized carbons (Fsp3) is 0.106. The zero-order valence-electron chi connectivity index (χ0n) is 29.7. The van der Waals surface area contributed by atoms with Gasteiger partial charge in [0, 0.05) is 40.2 Å². The summed E-state index contributed by atoms with van der Waals surface area (Å²) in [5.41, 5.74) is 12.3. The molecule has 0 spiro atoms. The average Bonchev–Trinajstić information content (AvgIpc) is 3.74. The normalized spacial score (nSPS) is 11.8. The quantitative estimate of drug-likeness (QED) is 0.176. The number of nitrogens with zero attached hydrogens (tertiary/aromatic N) is 4. The Morgan fingerprint density at radius 1 is 0.558 bits per heavy atom. The zero-order chi connectivity index (χ0) is 35.4. The molecule has 0 radical (unpaired) electrons. The standard InChI is InChI=1S/C47H38N4O/c1-31-26-45(48-29-41(31)33-20-22-34(23-21-33)47(2,3)4)51-42-18-9-8-16-39(42)40-25-24-37(28-44(40)51)52-36-15-10-14-35(27-36)50-30-49-46-38(17-11-19-43(46)50)32-12-6-5-7-13-32/h5-30H,1-4H3. The Bertz CT molecular complexity index is 2750. The van der Waals surface area contributed by atoms with Gasteiger partial charge in [0.25, 0.3) is 0 Å². The number of para-hydroxylation sites is 2. The molecule has 0 amide bonds. The molecule has 0 fully saturated rings. The number of fused-ring (bicyclic) bond motifs is 4. The summed E-state index contributed by atoms with van der Waals surface area (Å²) >= 11 is 0. The second-order valence-electron chi connectivity index (χ2n) is 14.5. The number of pyridine rings is 1. The van der Waals surface area contributed by atoms with Gasteiger partial charge in [0.15, 0.2) is 0 Å². The predicted octanol–water partition coefficient (Wildman–Crippen LogP) is 12.2. The minimum Gasteiger partial charge on any atom is -0.457 e. The van der Waals surface area contributed by atoms with Crippen LogP contribution in [0, 0.1) is 6.92 Å². The van der Waals surface area contributed by atoms with Gasteiger partial charge in [-0.05, 0) is 77.1 Å². The maximum atomic E-state index is 6.58. The molecule has 0 aliphatic heterocycles. The van der Waals surface area contributed by atoms with Crippen LogP contribution in [0.3, 0.4) is 0 Å². The molecule has 5 heteroatoms. The minimum atomic E-state index is 0.111. The summed E-state index contributed by atoms with van der Waals surface area (Å²) in [6, 6.07) is 50.8. The van der Waals surface area contributed by atoms with Crippen molar-refractivity contribution in [1.29, 1.82) is 0 Å². The number of hydrogen-bond donors (Lipinski definition) is 0. The third-order valence-corrected chi connectivity index (χ3v) is 10.0. The first-order chi connectivity index (χ1) is 25.3. The summed E-state index contributed by atoms with van der Waals surface area (Å²) in [5.74, 6) is 2.37. The van der Waals surface area contributed by atoms with Gasteiger partial charge in [-0.2, -0.15) is 0 Å². The van der Waals surface area contributed by atoms with Gasteiger partial charge < -0.3 is 4.74 Å². The van der Waals surface area contributed by atoms with E-state index in [1.54, 1.807) is 0 Å². The molecular formula is C47H38N4O. The maximum absolute atomic E-state index is 6.58. The summed E-state index contributed by atoms with van der Waals surface area (Å²) in [6.07, 6.45) is 3.90. The molecule has 3 aromatic heterocycles. The lowest BCUT2D eigenvalue weighted by Crippen LogP contribution is -2.10. The van der Waals surface area contributed by atoms with E-state index in [1.165, 1.54) is 22.1 Å². The van der Waals surface area contributed by atoms with E-state index in [-0.39, 0.29) is 5.41 Å². The van der Waals surface area contributed by atoms with Crippen molar-refractivity contribution in [3.63, 3.8) is 0 Å². The van der Waals surface area contributed by atoms with Crippen LogP contribution in [-0.2, 0) is 5.41 Å². The third kappa shape index (κ3) is 5.51. The van der Waals surface area contributed by atoms with Crippen molar-refractivity contribution in [2.75, 3.05) is 0 Å². The fourth-order valence-corrected chi connectivity index (χ4v) is 7.30. The first-order valence-corrected chi connectivity index (χ1v) is 17.7. The van der Waals surface area contributed by atoms with Gasteiger partial charge in [-0.1, -0.05) is 112 Å². The Morgan fingerprint density at radius 3 is 2.08 bits per heavy atom. The molecule has 9 rings (SSSR count). The Morgan fingerprint density at radius 2 is 1.27 bits per heavy atom. The van der Waals surface area contributed by atoms with Gasteiger partial charge in [-0.15, -0.1) is 0 Å². The van der Waals surface area contributed by atoms with Gasteiger partial charge in [0.05, 0.1) is 27.8 Å². The second kappa shape index (κ2) is 12.4. The number of imidazole rings is 1. The van der Waals surface area contributed by atoms with Crippen molar-refractivity contribution in [1.82, 2.24) is 19.1 Å². The van der Waals surface area contributed by atoms with Gasteiger partial charge in [-0.3, -0.25) is 9.13 Å². The fourth-order valence-electron chi connectivity index (χ4n) is 7.30. The van der Waals surface area contributed by atoms with E-state index in [0.29, 0.717) is 0 Å². The van der Waals surface area contributed by atoms with E-state index in [4.69, 9.17) is 14.7 Å². The van der Waals surface area contributed by atoms with E-state index >= 15 is 0 Å². The highest BCUT2D eigenvalue weighted by atomic mass is 16.5. The molecule has 0 atom stereocenters. The summed E-state index contributed by atoms with van der Waals surface area (Å²) in [5, 5.41) is 2.33. The van der Waals surface area contributed by atoms with Crippen molar-refractivity contribution in [2.45, 2.75) is 33.1 Å². The first-order valence-electron chi connectivity index (χ1n) is 17.7. The van der Waals surface area contributed by atoms with Crippen LogP contribution in [0.1, 0.15) is 31.9 Å². The van der Waals surface area contributed by atoms with E-state index in [0.717, 1.165) is 67.1 Å². The molecule has 0 aliphatic rings. The molecule has 0 saturated carbocycles. The zero-order valence-corrected chi connectivity index (χ0v) is 29.7. The van der Waals surface area contributed by atoms with Gasteiger partial charge in [-0.25, -0.2) is 9.97 Å². The second-order valence-corrected chi connectivity index (χ2v) is 14.5. The molecular weight excluding hydrogens is 637 g/mol. The molecule has 5 nitrogen and oxygen atoms in total. The molecule has 3 heterocycles. The molecule has 52 heavy (non-hydrogen) atoms. The monoisotopic (exact) mass is 674 g/mol. The minimum absolute atomic E-state index is 0.111. The summed E-state index contributed by atoms with van der Waals surface area (Å²) < 4.78 is 10.9. The topological polar surface area (TPSA) is 44.9 Å². The lowest BCUT2D eigenvalue weighted by Gasteiger charge is -2.19. The average molecular weight is 675 g/mol. The summed E-state index contributed by atoms with van der Waals surface area (Å²) in [4.78, 5) is 9.88. The highest BCUT2D eigenvalue weighted by molar-refractivity contribution is 6.09. The molecule has 9 aromatic rings. The van der Waals surface area contributed by atoms with E-state index < -0.39 is 0 Å². The van der Waals surface area contributed by atoms with Crippen molar-refractivity contribution in [2.24, 2.45) is 0 Å². The maximum Gasteiger partial charge on any atom is 0.137 e. The van der Waals surface area contributed by atoms with E-state index in [9.17, 15) is 0 Å². The van der Waals surface area contributed by atoms with Crippen LogP contribution in [0.4, 0.5) is 0 Å².